The van der Waals surface area contributed by atoms with Crippen LogP contribution >= 0.6 is 11.6 Å². The molecule has 0 saturated carbocycles. The second-order valence-corrected chi connectivity index (χ2v) is 3.03. The Morgan fingerprint density at radius 3 is 2.86 bits per heavy atom. The zero-order valence-corrected chi connectivity index (χ0v) is 8.01. The van der Waals surface area contributed by atoms with Crippen LogP contribution in [0.5, 0.6) is 0 Å². The van der Waals surface area contributed by atoms with Crippen LogP contribution in [0.3, 0.4) is 0 Å². The molecule has 0 aliphatic carbocycles. The van der Waals surface area contributed by atoms with E-state index >= 15 is 0 Å². The number of nitrogens with one attached hydrogen (secondary N) is 1. The molecule has 0 fully saturated rings. The molecule has 3 N–H and O–H groups in total. The topological polar surface area (TPSA) is 78.9 Å². The van der Waals surface area contributed by atoms with Gasteiger partial charge in [-0.15, -0.1) is 0 Å². The molecule has 4 nitrogen and oxygen atoms in total. The summed E-state index contributed by atoms with van der Waals surface area (Å²) in [4.78, 5) is 10.5. The van der Waals surface area contributed by atoms with E-state index in [2.05, 4.69) is 5.32 Å². The highest BCUT2D eigenvalue weighted by molar-refractivity contribution is 6.33. The van der Waals surface area contributed by atoms with Gasteiger partial charge in [0, 0.05) is 0 Å². The molecule has 14 heavy (non-hydrogen) atoms. The molecule has 0 radical (unpaired) electrons. The molecule has 5 heteroatoms. The minimum absolute atomic E-state index is 0.0195. The third kappa shape index (κ3) is 2.64. The number of halogens is 1. The lowest BCUT2D eigenvalue weighted by molar-refractivity contribution is -0.116. The van der Waals surface area contributed by atoms with Gasteiger partial charge in [0.05, 0.1) is 28.9 Å². The summed E-state index contributed by atoms with van der Waals surface area (Å²) in [6.45, 7) is 0.0195. The molecule has 1 aromatic carbocycles. The molecule has 0 spiro atoms. The molecular weight excluding hydrogens is 202 g/mol. The Bertz CT molecular complexity index is 398. The molecule has 1 aromatic rings. The number of carbonyl (C=O) groups excluding carboxylic acids is 1. The van der Waals surface area contributed by atoms with Crippen LogP contribution in [-0.2, 0) is 4.79 Å². The van der Waals surface area contributed by atoms with Gasteiger partial charge in [-0.1, -0.05) is 11.6 Å². The van der Waals surface area contributed by atoms with Crippen LogP contribution < -0.4 is 11.1 Å². The van der Waals surface area contributed by atoms with Crippen molar-refractivity contribution in [3.8, 4) is 6.07 Å². The SMILES string of the molecule is N#Cc1ccc(NCC(N)=O)c(Cl)c1. The predicted octanol–water partition coefficient (Wildman–Crippen LogP) is 1.11. The van der Waals surface area contributed by atoms with Crippen molar-refractivity contribution < 1.29 is 4.79 Å². The van der Waals surface area contributed by atoms with Crippen molar-refractivity contribution in [2.75, 3.05) is 11.9 Å². The summed E-state index contributed by atoms with van der Waals surface area (Å²) in [5.74, 6) is -0.467. The van der Waals surface area contributed by atoms with Crippen molar-refractivity contribution in [1.82, 2.24) is 0 Å². The lowest BCUT2D eigenvalue weighted by Gasteiger charge is -2.05. The van der Waals surface area contributed by atoms with E-state index in [1.165, 1.54) is 6.07 Å². The first kappa shape index (κ1) is 10.4. The van der Waals surface area contributed by atoms with Gasteiger partial charge >= 0.3 is 0 Å². The van der Waals surface area contributed by atoms with Crippen molar-refractivity contribution in [1.29, 1.82) is 5.26 Å². The number of hydrogen-bond donors (Lipinski definition) is 2. The molecule has 0 aliphatic rings. The van der Waals surface area contributed by atoms with Crippen LogP contribution in [0.4, 0.5) is 5.69 Å². The van der Waals surface area contributed by atoms with Crippen molar-refractivity contribution in [2.24, 2.45) is 5.73 Å². The Balaban J connectivity index is 2.80. The van der Waals surface area contributed by atoms with E-state index in [1.807, 2.05) is 6.07 Å². The van der Waals surface area contributed by atoms with E-state index in [1.54, 1.807) is 12.1 Å². The average molecular weight is 210 g/mol. The second kappa shape index (κ2) is 4.49. The fraction of sp³-hybridized carbons (Fsp3) is 0.111. The van der Waals surface area contributed by atoms with Crippen LogP contribution in [0.2, 0.25) is 5.02 Å². The van der Waals surface area contributed by atoms with E-state index in [0.29, 0.717) is 16.3 Å². The predicted molar refractivity (Wildman–Crippen MR) is 53.9 cm³/mol. The Morgan fingerprint density at radius 1 is 1.64 bits per heavy atom. The van der Waals surface area contributed by atoms with E-state index < -0.39 is 5.91 Å². The first-order valence-electron chi connectivity index (χ1n) is 3.85. The maximum atomic E-state index is 10.5. The Morgan fingerprint density at radius 2 is 2.36 bits per heavy atom. The van der Waals surface area contributed by atoms with Crippen LogP contribution in [-0.4, -0.2) is 12.5 Å². The molecule has 1 amide bonds. The smallest absolute Gasteiger partial charge is 0.236 e. The number of nitrogens with two attached hydrogens (primary N) is 1. The molecule has 0 aromatic heterocycles. The van der Waals surface area contributed by atoms with Crippen molar-refractivity contribution in [3.63, 3.8) is 0 Å². The van der Waals surface area contributed by atoms with Crippen LogP contribution in [0, 0.1) is 11.3 Å². The van der Waals surface area contributed by atoms with Gasteiger partial charge in [0.15, 0.2) is 0 Å². The molecule has 0 unspecified atom stereocenters. The standard InChI is InChI=1S/C9H8ClN3O/c10-7-3-6(4-11)1-2-8(7)13-5-9(12)14/h1-3,13H,5H2,(H2,12,14). The lowest BCUT2D eigenvalue weighted by atomic mass is 10.2. The van der Waals surface area contributed by atoms with Gasteiger partial charge in [-0.05, 0) is 18.2 Å². The molecule has 0 aliphatic heterocycles. The van der Waals surface area contributed by atoms with Gasteiger partial charge < -0.3 is 11.1 Å². The first-order chi connectivity index (χ1) is 6.63. The van der Waals surface area contributed by atoms with Crippen LogP contribution in [0.15, 0.2) is 18.2 Å². The Hall–Kier alpha value is -1.73. The number of rotatable bonds is 3. The summed E-state index contributed by atoms with van der Waals surface area (Å²) in [6.07, 6.45) is 0. The zero-order chi connectivity index (χ0) is 10.6. The molecule has 72 valence electrons. The highest BCUT2D eigenvalue weighted by Crippen LogP contribution is 2.22. The highest BCUT2D eigenvalue weighted by atomic mass is 35.5. The van der Waals surface area contributed by atoms with E-state index in [-0.39, 0.29) is 6.54 Å². The van der Waals surface area contributed by atoms with Gasteiger partial charge in [0.2, 0.25) is 5.91 Å². The average Bonchev–Trinajstić information content (AvgIpc) is 2.15. The molecular formula is C9H8ClN3O. The fourth-order valence-electron chi connectivity index (χ4n) is 0.910. The largest absolute Gasteiger partial charge is 0.375 e. The summed E-state index contributed by atoms with van der Waals surface area (Å²) in [7, 11) is 0. The third-order valence-electron chi connectivity index (χ3n) is 1.55. The fourth-order valence-corrected chi connectivity index (χ4v) is 1.16. The Kier molecular flexibility index (Phi) is 3.32. The maximum Gasteiger partial charge on any atom is 0.236 e. The minimum Gasteiger partial charge on any atom is -0.375 e. The van der Waals surface area contributed by atoms with Crippen LogP contribution in [0.1, 0.15) is 5.56 Å². The molecule has 1 rings (SSSR count). The molecule has 0 saturated heterocycles. The van der Waals surface area contributed by atoms with E-state index in [9.17, 15) is 4.79 Å². The summed E-state index contributed by atoms with van der Waals surface area (Å²) in [5, 5.41) is 11.7. The number of nitrogens with zero attached hydrogens (tertiary/aromatic N) is 1. The molecule has 0 atom stereocenters. The molecule has 0 heterocycles. The normalized spacial score (nSPS) is 9.14. The maximum absolute atomic E-state index is 10.5. The first-order valence-corrected chi connectivity index (χ1v) is 4.23. The number of hydrogen-bond acceptors (Lipinski definition) is 3. The number of primary amides is 1. The highest BCUT2D eigenvalue weighted by Gasteiger charge is 2.01. The van der Waals surface area contributed by atoms with Gasteiger partial charge in [-0.25, -0.2) is 0 Å². The molecule has 0 bridgehead atoms. The zero-order valence-electron chi connectivity index (χ0n) is 7.25. The number of benzene rings is 1. The third-order valence-corrected chi connectivity index (χ3v) is 1.86. The van der Waals surface area contributed by atoms with Gasteiger partial charge in [-0.2, -0.15) is 5.26 Å². The van der Waals surface area contributed by atoms with Crippen molar-refractivity contribution in [2.45, 2.75) is 0 Å². The summed E-state index contributed by atoms with van der Waals surface area (Å²) in [5.41, 5.74) is 6.01. The van der Waals surface area contributed by atoms with Crippen LogP contribution in [0.25, 0.3) is 0 Å². The minimum atomic E-state index is -0.467. The van der Waals surface area contributed by atoms with E-state index in [4.69, 9.17) is 22.6 Å². The number of anilines is 1. The lowest BCUT2D eigenvalue weighted by Crippen LogP contribution is -2.21. The summed E-state index contributed by atoms with van der Waals surface area (Å²) >= 11 is 5.83. The van der Waals surface area contributed by atoms with Crippen molar-refractivity contribution >= 4 is 23.2 Å². The summed E-state index contributed by atoms with van der Waals surface area (Å²) in [6, 6.07) is 6.71. The Labute approximate surface area is 86.3 Å². The van der Waals surface area contributed by atoms with Crippen molar-refractivity contribution in [3.05, 3.63) is 28.8 Å². The monoisotopic (exact) mass is 209 g/mol. The number of carbonyl (C=O) groups is 1. The van der Waals surface area contributed by atoms with Gasteiger partial charge in [-0.3, -0.25) is 4.79 Å². The van der Waals surface area contributed by atoms with Gasteiger partial charge in [0.1, 0.15) is 0 Å². The quantitative estimate of drug-likeness (QED) is 0.783. The van der Waals surface area contributed by atoms with Gasteiger partial charge in [0.25, 0.3) is 0 Å². The van der Waals surface area contributed by atoms with E-state index in [0.717, 1.165) is 0 Å². The number of amides is 1. The second-order valence-electron chi connectivity index (χ2n) is 2.63. The number of nitriles is 1. The summed E-state index contributed by atoms with van der Waals surface area (Å²) < 4.78 is 0.